The van der Waals surface area contributed by atoms with Crippen LogP contribution in [0, 0.1) is 6.92 Å². The highest BCUT2D eigenvalue weighted by atomic mass is 35.5. The van der Waals surface area contributed by atoms with E-state index in [2.05, 4.69) is 20.3 Å². The number of aryl methyl sites for hydroxylation is 1. The number of anilines is 1. The summed E-state index contributed by atoms with van der Waals surface area (Å²) < 4.78 is 43.9. The number of hydrogen-bond acceptors (Lipinski definition) is 5. The van der Waals surface area contributed by atoms with Crippen molar-refractivity contribution in [1.82, 2.24) is 15.0 Å². The molecule has 0 bridgehead atoms. The zero-order chi connectivity index (χ0) is 18.7. The summed E-state index contributed by atoms with van der Waals surface area (Å²) in [6, 6.07) is 8.65. The Morgan fingerprint density at radius 1 is 1.12 bits per heavy atom. The second-order valence-electron chi connectivity index (χ2n) is 5.59. The molecular weight excluding hydrogens is 369 g/mol. The summed E-state index contributed by atoms with van der Waals surface area (Å²) in [5, 5.41) is 2.91. The Kier molecular flexibility index (Phi) is 5.13. The van der Waals surface area contributed by atoms with Gasteiger partial charge in [0.05, 0.1) is 12.1 Å². The quantitative estimate of drug-likeness (QED) is 0.696. The largest absolute Gasteiger partial charge is 0.465 e. The number of alkyl halides is 3. The predicted molar refractivity (Wildman–Crippen MR) is 89.9 cm³/mol. The molecule has 3 rings (SSSR count). The van der Waals surface area contributed by atoms with Crippen LogP contribution in [-0.4, -0.2) is 15.0 Å². The van der Waals surface area contributed by atoms with Crippen LogP contribution in [-0.2, 0) is 19.1 Å². The first-order valence-corrected chi connectivity index (χ1v) is 8.03. The molecule has 136 valence electrons. The van der Waals surface area contributed by atoms with Crippen molar-refractivity contribution in [1.29, 1.82) is 0 Å². The summed E-state index contributed by atoms with van der Waals surface area (Å²) in [5.74, 6) is 1.96. The van der Waals surface area contributed by atoms with Crippen molar-refractivity contribution < 1.29 is 17.6 Å². The fourth-order valence-electron chi connectivity index (χ4n) is 2.34. The molecule has 0 fully saturated rings. The van der Waals surface area contributed by atoms with Crippen molar-refractivity contribution in [3.8, 4) is 0 Å². The van der Waals surface area contributed by atoms with E-state index in [1.165, 1.54) is 6.07 Å². The third-order valence-corrected chi connectivity index (χ3v) is 3.66. The van der Waals surface area contributed by atoms with Gasteiger partial charge in [0.25, 0.3) is 0 Å². The first-order chi connectivity index (χ1) is 12.3. The second kappa shape index (κ2) is 7.33. The zero-order valence-corrected chi connectivity index (χ0v) is 14.4. The van der Waals surface area contributed by atoms with E-state index in [1.807, 2.05) is 19.1 Å². The van der Waals surface area contributed by atoms with Gasteiger partial charge in [-0.3, -0.25) is 0 Å². The number of hydrogen-bond donors (Lipinski definition) is 1. The van der Waals surface area contributed by atoms with Gasteiger partial charge in [-0.15, -0.1) is 0 Å². The van der Waals surface area contributed by atoms with Gasteiger partial charge in [0.1, 0.15) is 17.3 Å². The Balaban J connectivity index is 1.75. The van der Waals surface area contributed by atoms with Crippen LogP contribution < -0.4 is 5.32 Å². The van der Waals surface area contributed by atoms with Gasteiger partial charge in [-0.25, -0.2) is 4.98 Å². The monoisotopic (exact) mass is 382 g/mol. The number of furan rings is 1. The maximum atomic E-state index is 12.8. The van der Waals surface area contributed by atoms with Crippen molar-refractivity contribution in [2.45, 2.75) is 26.1 Å². The first-order valence-electron chi connectivity index (χ1n) is 7.65. The predicted octanol–water partition coefficient (Wildman–Crippen LogP) is 4.65. The molecule has 0 radical (unpaired) electrons. The van der Waals surface area contributed by atoms with Crippen LogP contribution in [0.2, 0.25) is 5.28 Å². The third-order valence-electron chi connectivity index (χ3n) is 3.49. The number of halogens is 4. The summed E-state index contributed by atoms with van der Waals surface area (Å²) in [6.07, 6.45) is -4.30. The first kappa shape index (κ1) is 18.2. The Hall–Kier alpha value is -2.61. The molecule has 0 unspecified atom stereocenters. The molecule has 0 saturated heterocycles. The van der Waals surface area contributed by atoms with Gasteiger partial charge in [-0.05, 0) is 42.3 Å². The van der Waals surface area contributed by atoms with Crippen LogP contribution in [0.15, 0.2) is 40.8 Å². The molecule has 0 aliphatic rings. The zero-order valence-electron chi connectivity index (χ0n) is 13.6. The van der Waals surface area contributed by atoms with Gasteiger partial charge in [0.2, 0.25) is 11.2 Å². The number of rotatable bonds is 5. The molecule has 26 heavy (non-hydrogen) atoms. The lowest BCUT2D eigenvalue weighted by Gasteiger charge is -2.09. The molecule has 0 aliphatic carbocycles. The molecule has 2 aromatic heterocycles. The van der Waals surface area contributed by atoms with Gasteiger partial charge in [-0.2, -0.15) is 23.1 Å². The highest BCUT2D eigenvalue weighted by molar-refractivity contribution is 6.28. The molecule has 0 amide bonds. The second-order valence-corrected chi connectivity index (χ2v) is 5.92. The van der Waals surface area contributed by atoms with Crippen LogP contribution >= 0.6 is 11.6 Å². The molecule has 1 N–H and O–H groups in total. The maximum Gasteiger partial charge on any atom is 0.416 e. The van der Waals surface area contributed by atoms with E-state index >= 15 is 0 Å². The molecule has 1 aromatic carbocycles. The molecule has 0 spiro atoms. The van der Waals surface area contributed by atoms with Crippen molar-refractivity contribution in [3.05, 3.63) is 70.2 Å². The maximum absolute atomic E-state index is 12.8. The van der Waals surface area contributed by atoms with Crippen molar-refractivity contribution in [2.24, 2.45) is 0 Å². The van der Waals surface area contributed by atoms with Crippen LogP contribution in [0.1, 0.15) is 28.5 Å². The molecule has 0 saturated carbocycles. The molecule has 3 aromatic rings. The minimum atomic E-state index is -4.40. The van der Waals surface area contributed by atoms with Crippen LogP contribution in [0.5, 0.6) is 0 Å². The fraction of sp³-hybridized carbons (Fsp3) is 0.235. The van der Waals surface area contributed by atoms with E-state index in [4.69, 9.17) is 16.0 Å². The minimum absolute atomic E-state index is 0.0416. The summed E-state index contributed by atoms with van der Waals surface area (Å²) >= 11 is 5.90. The van der Waals surface area contributed by atoms with Crippen LogP contribution in [0.25, 0.3) is 0 Å². The normalized spacial score (nSPS) is 11.6. The molecule has 2 heterocycles. The van der Waals surface area contributed by atoms with Gasteiger partial charge in [-0.1, -0.05) is 18.2 Å². The number of aromatic nitrogens is 3. The average molecular weight is 383 g/mol. The number of nitrogens with zero attached hydrogens (tertiary/aromatic N) is 3. The minimum Gasteiger partial charge on any atom is -0.465 e. The summed E-state index contributed by atoms with van der Waals surface area (Å²) in [6.45, 7) is 2.17. The van der Waals surface area contributed by atoms with E-state index in [0.717, 1.165) is 17.9 Å². The molecule has 9 heteroatoms. The van der Waals surface area contributed by atoms with E-state index in [0.29, 0.717) is 17.9 Å². The standard InChI is InChI=1S/C17H14ClF3N4O/c1-10-5-6-13(26-10)9-22-16-24-14(23-15(18)25-16)8-11-3-2-4-12(7-11)17(19,20)21/h2-7H,8-9H2,1H3,(H,22,23,24,25). The Labute approximate surface area is 152 Å². The molecular formula is C17H14ClF3N4O. The average Bonchev–Trinajstić information content (AvgIpc) is 2.97. The van der Waals surface area contributed by atoms with Crippen LogP contribution in [0.4, 0.5) is 19.1 Å². The van der Waals surface area contributed by atoms with E-state index in [1.54, 1.807) is 6.07 Å². The van der Waals surface area contributed by atoms with Crippen LogP contribution in [0.3, 0.4) is 0 Å². The SMILES string of the molecule is Cc1ccc(CNc2nc(Cl)nc(Cc3cccc(C(F)(F)F)c3)n2)o1. The third kappa shape index (κ3) is 4.72. The molecule has 0 atom stereocenters. The Morgan fingerprint density at radius 2 is 1.92 bits per heavy atom. The van der Waals surface area contributed by atoms with Gasteiger partial charge in [0.15, 0.2) is 0 Å². The van der Waals surface area contributed by atoms with Crippen molar-refractivity contribution >= 4 is 17.5 Å². The van der Waals surface area contributed by atoms with E-state index < -0.39 is 11.7 Å². The molecule has 5 nitrogen and oxygen atoms in total. The fourth-order valence-corrected chi connectivity index (χ4v) is 2.51. The summed E-state index contributed by atoms with van der Waals surface area (Å²) in [4.78, 5) is 12.1. The lowest BCUT2D eigenvalue weighted by molar-refractivity contribution is -0.137. The highest BCUT2D eigenvalue weighted by Gasteiger charge is 2.30. The van der Waals surface area contributed by atoms with E-state index in [-0.39, 0.29) is 23.5 Å². The lowest BCUT2D eigenvalue weighted by atomic mass is 10.1. The molecule has 0 aliphatic heterocycles. The Bertz CT molecular complexity index is 911. The van der Waals surface area contributed by atoms with Crippen molar-refractivity contribution in [2.75, 3.05) is 5.32 Å². The van der Waals surface area contributed by atoms with Gasteiger partial charge < -0.3 is 9.73 Å². The number of benzene rings is 1. The summed E-state index contributed by atoms with van der Waals surface area (Å²) in [5.41, 5.74) is -0.295. The summed E-state index contributed by atoms with van der Waals surface area (Å²) in [7, 11) is 0. The Morgan fingerprint density at radius 3 is 2.62 bits per heavy atom. The number of nitrogens with one attached hydrogen (secondary N) is 1. The van der Waals surface area contributed by atoms with Crippen molar-refractivity contribution in [3.63, 3.8) is 0 Å². The lowest BCUT2D eigenvalue weighted by Crippen LogP contribution is -2.08. The highest BCUT2D eigenvalue weighted by Crippen LogP contribution is 2.29. The smallest absolute Gasteiger partial charge is 0.416 e. The topological polar surface area (TPSA) is 63.8 Å². The van der Waals surface area contributed by atoms with Gasteiger partial charge >= 0.3 is 6.18 Å². The van der Waals surface area contributed by atoms with Gasteiger partial charge in [0, 0.05) is 6.42 Å². The van der Waals surface area contributed by atoms with E-state index in [9.17, 15) is 13.2 Å².